The Morgan fingerprint density at radius 3 is 2.19 bits per heavy atom. The van der Waals surface area contributed by atoms with E-state index in [9.17, 15) is 9.59 Å². The van der Waals surface area contributed by atoms with Crippen LogP contribution in [0.25, 0.3) is 0 Å². The fraction of sp³-hybridized carbons (Fsp3) is 0.421. The highest BCUT2D eigenvalue weighted by atomic mass is 35.5. The van der Waals surface area contributed by atoms with E-state index in [0.29, 0.717) is 49.1 Å². The van der Waals surface area contributed by atoms with Crippen LogP contribution in [-0.4, -0.2) is 57.6 Å². The zero-order valence-corrected chi connectivity index (χ0v) is 16.1. The number of amides is 2. The summed E-state index contributed by atoms with van der Waals surface area (Å²) >= 11 is 6.49. The van der Waals surface area contributed by atoms with Gasteiger partial charge in [0.15, 0.2) is 0 Å². The molecule has 0 aliphatic carbocycles. The van der Waals surface area contributed by atoms with Crippen molar-refractivity contribution in [2.45, 2.75) is 27.3 Å². The lowest BCUT2D eigenvalue weighted by molar-refractivity contribution is -0.130. The van der Waals surface area contributed by atoms with Crippen molar-refractivity contribution in [3.05, 3.63) is 51.8 Å². The van der Waals surface area contributed by atoms with Crippen molar-refractivity contribution in [2.24, 2.45) is 0 Å². The van der Waals surface area contributed by atoms with E-state index in [2.05, 4.69) is 5.10 Å². The first-order valence-corrected chi connectivity index (χ1v) is 9.08. The number of nitrogens with zero attached hydrogens (tertiary/aromatic N) is 4. The number of aromatic nitrogens is 2. The summed E-state index contributed by atoms with van der Waals surface area (Å²) in [4.78, 5) is 27.8. The van der Waals surface area contributed by atoms with E-state index in [1.54, 1.807) is 28.3 Å². The van der Waals surface area contributed by atoms with Gasteiger partial charge in [-0.1, -0.05) is 41.4 Å². The molecule has 6 nitrogen and oxygen atoms in total. The highest BCUT2D eigenvalue weighted by Crippen LogP contribution is 2.23. The zero-order chi connectivity index (χ0) is 18.8. The van der Waals surface area contributed by atoms with Gasteiger partial charge in [0.2, 0.25) is 5.91 Å². The molecule has 1 saturated heterocycles. The molecule has 0 radical (unpaired) electrons. The molecule has 2 heterocycles. The molecule has 1 aromatic carbocycles. The Labute approximate surface area is 158 Å². The van der Waals surface area contributed by atoms with Crippen molar-refractivity contribution in [3.63, 3.8) is 0 Å². The number of aryl methyl sites for hydroxylation is 2. The first-order valence-electron chi connectivity index (χ1n) is 8.70. The van der Waals surface area contributed by atoms with E-state index >= 15 is 0 Å². The van der Waals surface area contributed by atoms with Crippen LogP contribution in [0.5, 0.6) is 0 Å². The predicted molar refractivity (Wildman–Crippen MR) is 100 cm³/mol. The molecule has 1 aromatic heterocycles. The van der Waals surface area contributed by atoms with Gasteiger partial charge in [-0.2, -0.15) is 5.10 Å². The Balaban J connectivity index is 1.76. The third-order valence-corrected chi connectivity index (χ3v) is 5.13. The maximum atomic E-state index is 12.9. The molecule has 3 rings (SSSR count). The molecule has 1 aliphatic rings. The van der Waals surface area contributed by atoms with Crippen LogP contribution in [0.2, 0.25) is 5.15 Å². The minimum Gasteiger partial charge on any atom is -0.339 e. The minimum absolute atomic E-state index is 0.0391. The lowest BCUT2D eigenvalue weighted by Gasteiger charge is -2.34. The second kappa shape index (κ2) is 7.50. The smallest absolute Gasteiger partial charge is 0.259 e. The molecule has 0 spiro atoms. The molecule has 1 fully saturated rings. The number of carbonyl (C=O) groups excluding carboxylic acids is 2. The highest BCUT2D eigenvalue weighted by molar-refractivity contribution is 6.33. The summed E-state index contributed by atoms with van der Waals surface area (Å²) in [5.74, 6) is -0.0805. The van der Waals surface area contributed by atoms with Gasteiger partial charge in [-0.3, -0.25) is 9.59 Å². The van der Waals surface area contributed by atoms with Crippen LogP contribution < -0.4 is 0 Å². The molecule has 1 aliphatic heterocycles. The average molecular weight is 375 g/mol. The average Bonchev–Trinajstić information content (AvgIpc) is 2.90. The molecule has 7 heteroatoms. The molecule has 0 atom stereocenters. The molecule has 2 aromatic rings. The first-order chi connectivity index (χ1) is 12.4. The molecule has 0 unspecified atom stereocenters. The van der Waals surface area contributed by atoms with Crippen LogP contribution in [-0.2, 0) is 11.3 Å². The summed E-state index contributed by atoms with van der Waals surface area (Å²) in [5.41, 5.74) is 3.35. The number of hydrogen-bond acceptors (Lipinski definition) is 3. The number of halogens is 1. The van der Waals surface area contributed by atoms with E-state index in [4.69, 9.17) is 11.6 Å². The summed E-state index contributed by atoms with van der Waals surface area (Å²) < 4.78 is 1.67. The van der Waals surface area contributed by atoms with Crippen molar-refractivity contribution in [2.75, 3.05) is 26.2 Å². The van der Waals surface area contributed by atoms with Gasteiger partial charge in [-0.25, -0.2) is 4.68 Å². The predicted octanol–water partition coefficient (Wildman–Crippen LogP) is 2.51. The summed E-state index contributed by atoms with van der Waals surface area (Å²) in [6, 6.07) is 8.15. The Hall–Kier alpha value is -2.34. The minimum atomic E-state index is -0.120. The number of benzene rings is 1. The summed E-state index contributed by atoms with van der Waals surface area (Å²) in [6.45, 7) is 8.03. The Morgan fingerprint density at radius 1 is 1.04 bits per heavy atom. The van der Waals surface area contributed by atoms with Crippen LogP contribution in [0.4, 0.5) is 0 Å². The molecule has 0 saturated carbocycles. The van der Waals surface area contributed by atoms with Gasteiger partial charge in [-0.05, 0) is 19.4 Å². The molecule has 2 amide bonds. The Morgan fingerprint density at radius 2 is 1.62 bits per heavy atom. The Bertz CT molecular complexity index is 821. The van der Waals surface area contributed by atoms with E-state index in [0.717, 1.165) is 5.56 Å². The normalized spacial score (nSPS) is 14.6. The Kier molecular flexibility index (Phi) is 5.32. The molecule has 138 valence electrons. The van der Waals surface area contributed by atoms with Gasteiger partial charge < -0.3 is 9.80 Å². The van der Waals surface area contributed by atoms with E-state index < -0.39 is 0 Å². The molecule has 0 N–H and O–H groups in total. The lowest BCUT2D eigenvalue weighted by atomic mass is 10.1. The van der Waals surface area contributed by atoms with Crippen LogP contribution in [0.1, 0.15) is 34.1 Å². The fourth-order valence-corrected chi connectivity index (χ4v) is 3.47. The molecule has 0 bridgehead atoms. The monoisotopic (exact) mass is 374 g/mol. The van der Waals surface area contributed by atoms with Gasteiger partial charge in [0, 0.05) is 33.1 Å². The maximum Gasteiger partial charge on any atom is 0.259 e. The van der Waals surface area contributed by atoms with E-state index in [1.807, 2.05) is 31.2 Å². The molecule has 26 heavy (non-hydrogen) atoms. The first kappa shape index (κ1) is 18.5. The van der Waals surface area contributed by atoms with Crippen LogP contribution in [0, 0.1) is 13.8 Å². The van der Waals surface area contributed by atoms with Gasteiger partial charge in [0.25, 0.3) is 5.91 Å². The summed E-state index contributed by atoms with van der Waals surface area (Å²) in [6.07, 6.45) is 0. The largest absolute Gasteiger partial charge is 0.339 e. The zero-order valence-electron chi connectivity index (χ0n) is 15.3. The number of rotatable bonds is 3. The second-order valence-corrected chi connectivity index (χ2v) is 7.05. The second-order valence-electron chi connectivity index (χ2n) is 6.69. The van der Waals surface area contributed by atoms with Crippen molar-refractivity contribution in [3.8, 4) is 0 Å². The fourth-order valence-electron chi connectivity index (χ4n) is 3.15. The van der Waals surface area contributed by atoms with Crippen molar-refractivity contribution in [1.82, 2.24) is 19.6 Å². The summed E-state index contributed by atoms with van der Waals surface area (Å²) in [5, 5.41) is 4.82. The van der Waals surface area contributed by atoms with Crippen LogP contribution in [0.15, 0.2) is 24.3 Å². The topological polar surface area (TPSA) is 58.4 Å². The van der Waals surface area contributed by atoms with Gasteiger partial charge in [0.05, 0.1) is 17.8 Å². The number of hydrogen-bond donors (Lipinski definition) is 0. The number of piperazine rings is 1. The third kappa shape index (κ3) is 3.75. The van der Waals surface area contributed by atoms with Crippen molar-refractivity contribution >= 4 is 23.4 Å². The quantitative estimate of drug-likeness (QED) is 0.829. The molecular formula is C19H23ClN4O2. The SMILES string of the molecule is CC(=O)N1CCN(C(=O)c2c(C)nn(Cc3ccc(C)cc3)c2Cl)CC1. The van der Waals surface area contributed by atoms with Crippen molar-refractivity contribution < 1.29 is 9.59 Å². The summed E-state index contributed by atoms with van der Waals surface area (Å²) in [7, 11) is 0. The van der Waals surface area contributed by atoms with Crippen LogP contribution in [0.3, 0.4) is 0 Å². The van der Waals surface area contributed by atoms with Crippen molar-refractivity contribution in [1.29, 1.82) is 0 Å². The highest BCUT2D eigenvalue weighted by Gasteiger charge is 2.28. The van der Waals surface area contributed by atoms with E-state index in [-0.39, 0.29) is 11.8 Å². The van der Waals surface area contributed by atoms with Gasteiger partial charge in [0.1, 0.15) is 5.15 Å². The lowest BCUT2D eigenvalue weighted by Crippen LogP contribution is -2.50. The van der Waals surface area contributed by atoms with Crippen LogP contribution >= 0.6 is 11.6 Å². The number of carbonyl (C=O) groups is 2. The van der Waals surface area contributed by atoms with E-state index in [1.165, 1.54) is 5.56 Å². The van der Waals surface area contributed by atoms with Gasteiger partial charge >= 0.3 is 0 Å². The molecular weight excluding hydrogens is 352 g/mol. The maximum absolute atomic E-state index is 12.9. The van der Waals surface area contributed by atoms with Gasteiger partial charge in [-0.15, -0.1) is 0 Å². The standard InChI is InChI=1S/C19H23ClN4O2/c1-13-4-6-16(7-5-13)12-24-18(20)17(14(2)21-24)19(26)23-10-8-22(9-11-23)15(3)25/h4-7H,8-12H2,1-3H3. The third-order valence-electron chi connectivity index (χ3n) is 4.74.